The van der Waals surface area contributed by atoms with Gasteiger partial charge in [-0.25, -0.2) is 4.98 Å². The molecule has 1 heterocycles. The van der Waals surface area contributed by atoms with Gasteiger partial charge in [-0.2, -0.15) is 0 Å². The first-order chi connectivity index (χ1) is 9.75. The molecule has 0 aliphatic carbocycles. The van der Waals surface area contributed by atoms with Crippen molar-refractivity contribution in [1.82, 2.24) is 10.3 Å². The van der Waals surface area contributed by atoms with Gasteiger partial charge in [0.15, 0.2) is 0 Å². The fourth-order valence-electron chi connectivity index (χ4n) is 1.63. The average molecular weight is 307 g/mol. The third kappa shape index (κ3) is 4.87. The largest absolute Gasteiger partial charge is 0.352 e. The van der Waals surface area contributed by atoms with E-state index in [2.05, 4.69) is 22.4 Å². The van der Waals surface area contributed by atoms with E-state index in [1.165, 1.54) is 11.1 Å². The predicted molar refractivity (Wildman–Crippen MR) is 83.4 cm³/mol. The summed E-state index contributed by atoms with van der Waals surface area (Å²) in [5.41, 5.74) is 0.542. The number of nitrogens with zero attached hydrogens (tertiary/aromatic N) is 1. The molecule has 0 unspecified atom stereocenters. The number of benzene rings is 1. The third-order valence-corrected chi connectivity index (χ3v) is 3.91. The molecular weight excluding hydrogens is 292 g/mol. The van der Waals surface area contributed by atoms with E-state index in [1.54, 1.807) is 23.9 Å². The standard InChI is InChI=1S/C15H15ClN2OS/c16-14-11-12(7-9-17-14)15(19)18-8-4-10-20-13-5-2-1-3-6-13/h1-3,5-7,9,11H,4,8,10H2,(H,18,19). The molecule has 0 aliphatic heterocycles. The summed E-state index contributed by atoms with van der Waals surface area (Å²) in [6.07, 6.45) is 2.45. The highest BCUT2D eigenvalue weighted by Crippen LogP contribution is 2.17. The lowest BCUT2D eigenvalue weighted by Crippen LogP contribution is -2.24. The van der Waals surface area contributed by atoms with Crippen LogP contribution in [0, 0.1) is 0 Å². The molecule has 0 saturated carbocycles. The summed E-state index contributed by atoms with van der Waals surface area (Å²) in [6, 6.07) is 13.4. The molecule has 3 nitrogen and oxygen atoms in total. The molecule has 0 bridgehead atoms. The molecule has 0 fully saturated rings. The maximum absolute atomic E-state index is 11.8. The number of pyridine rings is 1. The Morgan fingerprint density at radius 1 is 1.25 bits per heavy atom. The molecule has 1 amide bonds. The van der Waals surface area contributed by atoms with Gasteiger partial charge in [-0.1, -0.05) is 29.8 Å². The van der Waals surface area contributed by atoms with E-state index in [1.807, 2.05) is 18.2 Å². The van der Waals surface area contributed by atoms with Crippen molar-refractivity contribution in [3.8, 4) is 0 Å². The summed E-state index contributed by atoms with van der Waals surface area (Å²) < 4.78 is 0. The zero-order chi connectivity index (χ0) is 14.2. The lowest BCUT2D eigenvalue weighted by atomic mass is 10.2. The molecule has 5 heteroatoms. The maximum atomic E-state index is 11.8. The highest BCUT2D eigenvalue weighted by molar-refractivity contribution is 7.99. The number of rotatable bonds is 6. The van der Waals surface area contributed by atoms with Crippen LogP contribution in [0.2, 0.25) is 5.15 Å². The molecular formula is C15H15ClN2OS. The van der Waals surface area contributed by atoms with E-state index in [4.69, 9.17) is 11.6 Å². The van der Waals surface area contributed by atoms with Crippen LogP contribution in [0.15, 0.2) is 53.6 Å². The number of carbonyl (C=O) groups is 1. The molecule has 1 aromatic heterocycles. The Kier molecular flexibility index (Phi) is 5.89. The van der Waals surface area contributed by atoms with E-state index in [0.717, 1.165) is 12.2 Å². The molecule has 0 radical (unpaired) electrons. The van der Waals surface area contributed by atoms with Gasteiger partial charge in [-0.15, -0.1) is 11.8 Å². The minimum Gasteiger partial charge on any atom is -0.352 e. The molecule has 2 rings (SSSR count). The first-order valence-electron chi connectivity index (χ1n) is 6.33. The predicted octanol–water partition coefficient (Wildman–Crippen LogP) is 3.65. The molecule has 1 aromatic carbocycles. The molecule has 20 heavy (non-hydrogen) atoms. The monoisotopic (exact) mass is 306 g/mol. The highest BCUT2D eigenvalue weighted by Gasteiger charge is 2.05. The fourth-order valence-corrected chi connectivity index (χ4v) is 2.67. The number of carbonyl (C=O) groups excluding carboxylic acids is 1. The van der Waals surface area contributed by atoms with E-state index in [0.29, 0.717) is 17.3 Å². The van der Waals surface area contributed by atoms with Gasteiger partial charge in [0.2, 0.25) is 0 Å². The number of hydrogen-bond acceptors (Lipinski definition) is 3. The maximum Gasteiger partial charge on any atom is 0.251 e. The first kappa shape index (κ1) is 14.9. The van der Waals surface area contributed by atoms with Gasteiger partial charge in [0.05, 0.1) is 0 Å². The zero-order valence-electron chi connectivity index (χ0n) is 10.9. The normalized spacial score (nSPS) is 10.2. The van der Waals surface area contributed by atoms with Crippen molar-refractivity contribution in [2.24, 2.45) is 0 Å². The number of aromatic nitrogens is 1. The van der Waals surface area contributed by atoms with Gasteiger partial charge < -0.3 is 5.32 Å². The molecule has 0 saturated heterocycles. The topological polar surface area (TPSA) is 42.0 Å². The van der Waals surface area contributed by atoms with Crippen molar-refractivity contribution < 1.29 is 4.79 Å². The van der Waals surface area contributed by atoms with Crippen LogP contribution >= 0.6 is 23.4 Å². The van der Waals surface area contributed by atoms with Crippen molar-refractivity contribution in [2.75, 3.05) is 12.3 Å². The minimum absolute atomic E-state index is 0.112. The Labute approximate surface area is 127 Å². The van der Waals surface area contributed by atoms with Crippen LogP contribution in [0.3, 0.4) is 0 Å². The van der Waals surface area contributed by atoms with Crippen molar-refractivity contribution in [1.29, 1.82) is 0 Å². The average Bonchev–Trinajstić information content (AvgIpc) is 2.48. The lowest BCUT2D eigenvalue weighted by Gasteiger charge is -2.05. The van der Waals surface area contributed by atoms with Crippen LogP contribution in [0.1, 0.15) is 16.8 Å². The summed E-state index contributed by atoms with van der Waals surface area (Å²) in [5, 5.41) is 3.20. The van der Waals surface area contributed by atoms with Crippen LogP contribution in [0.25, 0.3) is 0 Å². The Balaban J connectivity index is 1.67. The molecule has 1 N–H and O–H groups in total. The third-order valence-electron chi connectivity index (χ3n) is 2.61. The van der Waals surface area contributed by atoms with Crippen molar-refractivity contribution >= 4 is 29.3 Å². The van der Waals surface area contributed by atoms with Gasteiger partial charge >= 0.3 is 0 Å². The van der Waals surface area contributed by atoms with E-state index in [9.17, 15) is 4.79 Å². The summed E-state index contributed by atoms with van der Waals surface area (Å²) >= 11 is 7.53. The molecule has 0 atom stereocenters. The Hall–Kier alpha value is -1.52. The molecule has 2 aromatic rings. The Morgan fingerprint density at radius 2 is 2.05 bits per heavy atom. The van der Waals surface area contributed by atoms with Crippen molar-refractivity contribution in [3.63, 3.8) is 0 Å². The van der Waals surface area contributed by atoms with Crippen molar-refractivity contribution in [2.45, 2.75) is 11.3 Å². The summed E-state index contributed by atoms with van der Waals surface area (Å²) in [4.78, 5) is 16.9. The van der Waals surface area contributed by atoms with E-state index in [-0.39, 0.29) is 5.91 Å². The second-order valence-electron chi connectivity index (χ2n) is 4.14. The van der Waals surface area contributed by atoms with Crippen LogP contribution in [0.4, 0.5) is 0 Å². The number of halogens is 1. The SMILES string of the molecule is O=C(NCCCSc1ccccc1)c1ccnc(Cl)c1. The number of amides is 1. The number of nitrogens with one attached hydrogen (secondary N) is 1. The fraction of sp³-hybridized carbons (Fsp3) is 0.200. The molecule has 0 spiro atoms. The van der Waals surface area contributed by atoms with Gasteiger partial charge in [-0.3, -0.25) is 4.79 Å². The Morgan fingerprint density at radius 3 is 2.80 bits per heavy atom. The minimum atomic E-state index is -0.112. The van der Waals surface area contributed by atoms with Gasteiger partial charge in [0.1, 0.15) is 5.15 Å². The Bertz CT molecular complexity index is 563. The summed E-state index contributed by atoms with van der Waals surface area (Å²) in [6.45, 7) is 0.651. The zero-order valence-corrected chi connectivity index (χ0v) is 12.5. The second-order valence-corrected chi connectivity index (χ2v) is 5.69. The quantitative estimate of drug-likeness (QED) is 0.503. The van der Waals surface area contributed by atoms with Crippen LogP contribution in [-0.4, -0.2) is 23.2 Å². The van der Waals surface area contributed by atoms with Gasteiger partial charge in [0, 0.05) is 23.2 Å². The van der Waals surface area contributed by atoms with Crippen molar-refractivity contribution in [3.05, 3.63) is 59.4 Å². The first-order valence-corrected chi connectivity index (χ1v) is 7.69. The van der Waals surface area contributed by atoms with Crippen LogP contribution in [-0.2, 0) is 0 Å². The summed E-state index contributed by atoms with van der Waals surface area (Å²) in [5.74, 6) is 0.862. The smallest absolute Gasteiger partial charge is 0.251 e. The van der Waals surface area contributed by atoms with Gasteiger partial charge in [-0.05, 0) is 36.4 Å². The van der Waals surface area contributed by atoms with E-state index >= 15 is 0 Å². The highest BCUT2D eigenvalue weighted by atomic mass is 35.5. The lowest BCUT2D eigenvalue weighted by molar-refractivity contribution is 0.0953. The second kappa shape index (κ2) is 7.92. The molecule has 104 valence electrons. The van der Waals surface area contributed by atoms with E-state index < -0.39 is 0 Å². The van der Waals surface area contributed by atoms with Crippen LogP contribution < -0.4 is 5.32 Å². The number of thioether (sulfide) groups is 1. The van der Waals surface area contributed by atoms with Crippen LogP contribution in [0.5, 0.6) is 0 Å². The molecule has 0 aliphatic rings. The number of hydrogen-bond donors (Lipinski definition) is 1. The summed E-state index contributed by atoms with van der Waals surface area (Å²) in [7, 11) is 0. The van der Waals surface area contributed by atoms with Gasteiger partial charge in [0.25, 0.3) is 5.91 Å².